The summed E-state index contributed by atoms with van der Waals surface area (Å²) in [6.45, 7) is 0. The molecule has 0 aromatic heterocycles. The zero-order valence-electron chi connectivity index (χ0n) is 7.27. The molecule has 0 N–H and O–H groups in total. The second-order valence-electron chi connectivity index (χ2n) is 0.750. The van der Waals surface area contributed by atoms with Crippen molar-refractivity contribution in [1.82, 2.24) is 0 Å². The summed E-state index contributed by atoms with van der Waals surface area (Å²) >= 11 is 0. The Morgan fingerprint density at radius 3 is 0.846 bits per heavy atom. The minimum atomic E-state index is -5.61. The van der Waals surface area contributed by atoms with Crippen LogP contribution in [0.5, 0.6) is 0 Å². The van der Waals surface area contributed by atoms with E-state index in [1.807, 2.05) is 0 Å². The summed E-state index contributed by atoms with van der Waals surface area (Å²) in [5, 5.41) is 0. The molecular formula is Ca2K2O7Si2. The van der Waals surface area contributed by atoms with Crippen molar-refractivity contribution in [1.29, 1.82) is 0 Å². The van der Waals surface area contributed by atoms with Gasteiger partial charge < -0.3 is 42.3 Å². The molecule has 7 nitrogen and oxygen atoms in total. The SMILES string of the molecule is O=[Si]([O-])[O-].[Ca+2].[Ca+2].[K+].[K+].[O-][Si]([O-])([O-])[O-]. The first-order valence-corrected chi connectivity index (χ1v) is 4.29. The number of hydrogen-bond acceptors (Lipinski definition) is 7. The quantitative estimate of drug-likeness (QED) is 0.400. The van der Waals surface area contributed by atoms with E-state index in [0.29, 0.717) is 0 Å². The van der Waals surface area contributed by atoms with Crippen LogP contribution in [0.2, 0.25) is 0 Å². The van der Waals surface area contributed by atoms with E-state index < -0.39 is 18.2 Å². The summed E-state index contributed by atoms with van der Waals surface area (Å²) in [5.74, 6) is 0. The first kappa shape index (κ1) is 36.2. The standard InChI is InChI=1S/2Ca.2K.O4Si.O3Si/c;;;;1-5(2,3)4;1-4(2)3/q2*+2;2*+1;-4;-2. The smallest absolute Gasteiger partial charge is 0.894 e. The molecule has 0 spiro atoms. The van der Waals surface area contributed by atoms with E-state index in [2.05, 4.69) is 0 Å². The van der Waals surface area contributed by atoms with Crippen LogP contribution >= 0.6 is 0 Å². The average molecular weight is 327 g/mol. The van der Waals surface area contributed by atoms with Crippen molar-refractivity contribution in [3.05, 3.63) is 0 Å². The maximum absolute atomic E-state index is 8.58. The molecule has 0 aromatic carbocycles. The van der Waals surface area contributed by atoms with Crippen molar-refractivity contribution in [2.24, 2.45) is 0 Å². The summed E-state index contributed by atoms with van der Waals surface area (Å²) in [4.78, 5) is 51.3. The zero-order valence-corrected chi connectivity index (χ0v) is 19.9. The second-order valence-corrected chi connectivity index (χ2v) is 2.25. The van der Waals surface area contributed by atoms with Crippen molar-refractivity contribution >= 4 is 93.7 Å². The molecule has 0 atom stereocenters. The molecule has 0 saturated heterocycles. The van der Waals surface area contributed by atoms with Crippen LogP contribution in [0, 0.1) is 0 Å². The van der Waals surface area contributed by atoms with Crippen molar-refractivity contribution in [3.63, 3.8) is 0 Å². The number of rotatable bonds is 0. The normalized spacial score (nSPS) is 6.46. The minimum Gasteiger partial charge on any atom is -0.894 e. The fraction of sp³-hybridized carbons (Fsp3) is 0. The molecule has 0 saturated carbocycles. The Bertz CT molecular complexity index is 85.0. The molecule has 0 aliphatic carbocycles. The molecule has 0 aliphatic rings. The molecule has 56 valence electrons. The third-order valence-corrected chi connectivity index (χ3v) is 0. The van der Waals surface area contributed by atoms with Gasteiger partial charge in [-0.1, -0.05) is 0 Å². The molecule has 0 bridgehead atoms. The van der Waals surface area contributed by atoms with Gasteiger partial charge >= 0.3 is 178 Å². The largest absolute Gasteiger partial charge is 2.00 e. The molecule has 0 aliphatic heterocycles. The summed E-state index contributed by atoms with van der Waals surface area (Å²) in [6.07, 6.45) is 0. The Hall–Kier alpha value is 5.47. The van der Waals surface area contributed by atoms with Crippen LogP contribution in [0.25, 0.3) is 0 Å². The monoisotopic (exact) mass is 326 g/mol. The van der Waals surface area contributed by atoms with Gasteiger partial charge in [-0.05, 0) is 0 Å². The molecule has 13 heteroatoms. The first-order valence-electron chi connectivity index (χ1n) is 1.43. The molecule has 0 radical (unpaired) electrons. The summed E-state index contributed by atoms with van der Waals surface area (Å²) < 4.78 is 8.52. The second kappa shape index (κ2) is 22.6. The summed E-state index contributed by atoms with van der Waals surface area (Å²) in [7, 11) is -9.24. The molecule has 13 heavy (non-hydrogen) atoms. The Balaban J connectivity index is -0.0000000146. The predicted molar refractivity (Wildman–Crippen MR) is 23.7 cm³/mol. The topological polar surface area (TPSA) is 155 Å². The van der Waals surface area contributed by atoms with Gasteiger partial charge in [0.15, 0.2) is 0 Å². The Kier molecular flexibility index (Phi) is 63.1. The summed E-state index contributed by atoms with van der Waals surface area (Å²) in [5.41, 5.74) is 0. The molecule has 0 unspecified atom stereocenters. The Morgan fingerprint density at radius 2 is 0.846 bits per heavy atom. The van der Waals surface area contributed by atoms with Gasteiger partial charge in [0.25, 0.3) is 0 Å². The zero-order chi connectivity index (χ0) is 8.08. The van der Waals surface area contributed by atoms with Gasteiger partial charge in [0.1, 0.15) is 0 Å². The van der Waals surface area contributed by atoms with E-state index in [4.69, 9.17) is 33.2 Å². The van der Waals surface area contributed by atoms with Crippen molar-refractivity contribution < 1.29 is 136 Å². The fourth-order valence-electron chi connectivity index (χ4n) is 0. The van der Waals surface area contributed by atoms with E-state index in [0.717, 1.165) is 0 Å². The Labute approximate surface area is 223 Å². The fourth-order valence-corrected chi connectivity index (χ4v) is 0. The van der Waals surface area contributed by atoms with Gasteiger partial charge in [-0.15, -0.1) is 0 Å². The average Bonchev–Trinajstić information content (AvgIpc) is 1.19. The van der Waals surface area contributed by atoms with E-state index in [1.165, 1.54) is 0 Å². The first-order chi connectivity index (χ1) is 3.73. The molecule has 0 aromatic rings. The van der Waals surface area contributed by atoms with Crippen LogP contribution in [0.1, 0.15) is 0 Å². The van der Waals surface area contributed by atoms with Gasteiger partial charge in [-0.3, -0.25) is 0 Å². The van der Waals surface area contributed by atoms with Crippen molar-refractivity contribution in [2.45, 2.75) is 0 Å². The van der Waals surface area contributed by atoms with Gasteiger partial charge in [0.2, 0.25) is 0 Å². The van der Waals surface area contributed by atoms with Crippen LogP contribution in [0.3, 0.4) is 0 Å². The molecule has 0 heterocycles. The third kappa shape index (κ3) is 140. The minimum absolute atomic E-state index is 0. The van der Waals surface area contributed by atoms with E-state index in [1.54, 1.807) is 0 Å². The maximum Gasteiger partial charge on any atom is 2.00 e. The van der Waals surface area contributed by atoms with Crippen molar-refractivity contribution in [3.8, 4) is 0 Å². The van der Waals surface area contributed by atoms with E-state index in [9.17, 15) is 0 Å². The molecular weight excluding hydrogens is 327 g/mol. The van der Waals surface area contributed by atoms with Crippen LogP contribution in [0.15, 0.2) is 0 Å². The van der Waals surface area contributed by atoms with Gasteiger partial charge in [0, 0.05) is 9.17 Å². The van der Waals surface area contributed by atoms with Crippen LogP contribution in [-0.2, 0) is 4.46 Å². The van der Waals surface area contributed by atoms with Gasteiger partial charge in [-0.25, -0.2) is 0 Å². The van der Waals surface area contributed by atoms with Gasteiger partial charge in [0.05, 0.1) is 0 Å². The molecule has 0 amide bonds. The van der Waals surface area contributed by atoms with Crippen molar-refractivity contribution in [2.75, 3.05) is 0 Å². The van der Waals surface area contributed by atoms with E-state index in [-0.39, 0.29) is 178 Å². The predicted octanol–water partition coefficient (Wildman–Crippen LogP) is -14.8. The molecule has 0 fully saturated rings. The maximum atomic E-state index is 8.58. The van der Waals surface area contributed by atoms with Gasteiger partial charge in [-0.2, -0.15) is 0 Å². The molecule has 0 rings (SSSR count). The van der Waals surface area contributed by atoms with Crippen LogP contribution in [-0.4, -0.2) is 93.7 Å². The van der Waals surface area contributed by atoms with Crippen LogP contribution < -0.4 is 132 Å². The number of hydrogen-bond donors (Lipinski definition) is 0. The summed E-state index contributed by atoms with van der Waals surface area (Å²) in [6, 6.07) is 0. The van der Waals surface area contributed by atoms with Crippen LogP contribution in [0.4, 0.5) is 0 Å². The third-order valence-electron chi connectivity index (χ3n) is 0. The Morgan fingerprint density at radius 1 is 0.846 bits per heavy atom. The van der Waals surface area contributed by atoms with E-state index >= 15 is 0 Å².